The van der Waals surface area contributed by atoms with E-state index in [9.17, 15) is 0 Å². The number of hydrogen-bond acceptors (Lipinski definition) is 3. The van der Waals surface area contributed by atoms with Gasteiger partial charge in [0.15, 0.2) is 0 Å². The van der Waals surface area contributed by atoms with Gasteiger partial charge >= 0.3 is 0 Å². The second kappa shape index (κ2) is 6.58. The molecule has 2 rings (SSSR count). The number of benzene rings is 1. The second-order valence-corrected chi connectivity index (χ2v) is 5.69. The maximum absolute atomic E-state index is 5.97. The normalized spacial score (nSPS) is 17.0. The Labute approximate surface area is 127 Å². The minimum Gasteiger partial charge on any atom is -0.375 e. The monoisotopic (exact) mass is 290 g/mol. The summed E-state index contributed by atoms with van der Waals surface area (Å²) in [5, 5.41) is 0. The van der Waals surface area contributed by atoms with E-state index in [0.29, 0.717) is 19.8 Å². The Morgan fingerprint density at radius 2 is 2.00 bits per heavy atom. The summed E-state index contributed by atoms with van der Waals surface area (Å²) in [6.45, 7) is 11.3. The van der Waals surface area contributed by atoms with Gasteiger partial charge < -0.3 is 14.4 Å². The van der Waals surface area contributed by atoms with Gasteiger partial charge in [0, 0.05) is 20.2 Å². The zero-order valence-electron chi connectivity index (χ0n) is 13.8. The molecule has 21 heavy (non-hydrogen) atoms. The Morgan fingerprint density at radius 3 is 2.52 bits per heavy atom. The van der Waals surface area contributed by atoms with Gasteiger partial charge in [-0.15, -0.1) is 0 Å². The Hall–Kier alpha value is -1.39. The van der Waals surface area contributed by atoms with Crippen molar-refractivity contribution >= 4 is 12.0 Å². The molecule has 1 saturated heterocycles. The first-order chi connectivity index (χ1) is 10.0. The summed E-state index contributed by atoms with van der Waals surface area (Å²) in [5.74, 6) is 0. The zero-order valence-corrected chi connectivity index (χ0v) is 13.8. The van der Waals surface area contributed by atoms with Crippen molar-refractivity contribution in [3.8, 4) is 0 Å². The van der Waals surface area contributed by atoms with E-state index in [1.54, 1.807) is 0 Å². The fraction of sp³-hybridized carbons (Fsp3) is 0.588. The zero-order chi connectivity index (χ0) is 15.5. The van der Waals surface area contributed by atoms with Gasteiger partial charge in [0.05, 0.1) is 25.2 Å². The fourth-order valence-electron chi connectivity index (χ4n) is 2.55. The molecule has 116 valence electrons. The maximum atomic E-state index is 5.97. The summed E-state index contributed by atoms with van der Waals surface area (Å²) in [4.78, 5) is 6.64. The van der Waals surface area contributed by atoms with Crippen molar-refractivity contribution in [1.29, 1.82) is 0 Å². The SMILES string of the molecule is CCOC1(c2cc(C)c(N=CN(C)CC)cc2C)COC1. The van der Waals surface area contributed by atoms with Crippen molar-refractivity contribution in [3.05, 3.63) is 28.8 Å². The van der Waals surface area contributed by atoms with Crippen molar-refractivity contribution in [1.82, 2.24) is 4.90 Å². The van der Waals surface area contributed by atoms with E-state index in [1.165, 1.54) is 16.7 Å². The molecule has 1 aromatic rings. The van der Waals surface area contributed by atoms with Crippen LogP contribution in [0.2, 0.25) is 0 Å². The summed E-state index contributed by atoms with van der Waals surface area (Å²) in [6, 6.07) is 4.34. The van der Waals surface area contributed by atoms with Crippen LogP contribution in [0.3, 0.4) is 0 Å². The topological polar surface area (TPSA) is 34.1 Å². The Bertz CT molecular complexity index is 522. The molecule has 0 unspecified atom stereocenters. The third-order valence-electron chi connectivity index (χ3n) is 4.02. The van der Waals surface area contributed by atoms with Crippen LogP contribution in [-0.2, 0) is 15.1 Å². The molecule has 0 bridgehead atoms. The van der Waals surface area contributed by atoms with Crippen LogP contribution in [0.25, 0.3) is 0 Å². The largest absolute Gasteiger partial charge is 0.375 e. The molecule has 1 heterocycles. The molecular formula is C17H26N2O2. The number of rotatable bonds is 6. The van der Waals surface area contributed by atoms with Crippen LogP contribution in [0.15, 0.2) is 17.1 Å². The van der Waals surface area contributed by atoms with Gasteiger partial charge in [-0.1, -0.05) is 6.07 Å². The molecule has 0 atom stereocenters. The van der Waals surface area contributed by atoms with Crippen LogP contribution in [-0.4, -0.2) is 44.7 Å². The number of ether oxygens (including phenoxy) is 2. The smallest absolute Gasteiger partial charge is 0.140 e. The second-order valence-electron chi connectivity index (χ2n) is 5.69. The Kier molecular flexibility index (Phi) is 5.01. The van der Waals surface area contributed by atoms with Crippen molar-refractivity contribution in [2.75, 3.05) is 33.4 Å². The lowest BCUT2D eigenvalue weighted by atomic mass is 9.86. The van der Waals surface area contributed by atoms with Gasteiger partial charge in [-0.05, 0) is 50.5 Å². The molecule has 1 fully saturated rings. The summed E-state index contributed by atoms with van der Waals surface area (Å²) in [5.41, 5.74) is 4.37. The quantitative estimate of drug-likeness (QED) is 0.596. The van der Waals surface area contributed by atoms with Gasteiger partial charge in [-0.2, -0.15) is 0 Å². The third-order valence-corrected chi connectivity index (χ3v) is 4.02. The highest BCUT2D eigenvalue weighted by atomic mass is 16.6. The van der Waals surface area contributed by atoms with Crippen LogP contribution in [0.1, 0.15) is 30.5 Å². The molecule has 1 aliphatic rings. The van der Waals surface area contributed by atoms with E-state index in [2.05, 4.69) is 42.8 Å². The molecule has 4 nitrogen and oxygen atoms in total. The number of hydrogen-bond donors (Lipinski definition) is 0. The van der Waals surface area contributed by atoms with Crippen molar-refractivity contribution in [2.45, 2.75) is 33.3 Å². The summed E-state index contributed by atoms with van der Waals surface area (Å²) in [6.07, 6.45) is 1.88. The molecule has 0 N–H and O–H groups in total. The van der Waals surface area contributed by atoms with E-state index in [4.69, 9.17) is 9.47 Å². The lowest BCUT2D eigenvalue weighted by Crippen LogP contribution is -2.49. The molecule has 0 aliphatic carbocycles. The number of aryl methyl sites for hydroxylation is 2. The van der Waals surface area contributed by atoms with Crippen LogP contribution in [0.5, 0.6) is 0 Å². The minimum atomic E-state index is -0.258. The first kappa shape index (κ1) is 16.0. The number of aliphatic imine (C=N–C) groups is 1. The van der Waals surface area contributed by atoms with Gasteiger partial charge in [0.25, 0.3) is 0 Å². The molecule has 0 spiro atoms. The molecule has 0 amide bonds. The molecule has 1 aromatic carbocycles. The first-order valence-electron chi connectivity index (χ1n) is 7.60. The predicted molar refractivity (Wildman–Crippen MR) is 86.5 cm³/mol. The lowest BCUT2D eigenvalue weighted by molar-refractivity contribution is -0.214. The van der Waals surface area contributed by atoms with Gasteiger partial charge in [-0.3, -0.25) is 0 Å². The minimum absolute atomic E-state index is 0.258. The van der Waals surface area contributed by atoms with Crippen LogP contribution >= 0.6 is 0 Å². The standard InChI is InChI=1S/C17H26N2O2/c1-6-19(5)12-18-16-9-13(3)15(8-14(16)4)17(21-7-2)10-20-11-17/h8-9,12H,6-7,10-11H2,1-5H3. The average molecular weight is 290 g/mol. The summed E-state index contributed by atoms with van der Waals surface area (Å²) < 4.78 is 11.4. The molecule has 1 aliphatic heterocycles. The van der Waals surface area contributed by atoms with Crippen molar-refractivity contribution in [3.63, 3.8) is 0 Å². The highest BCUT2D eigenvalue weighted by molar-refractivity contribution is 5.64. The van der Waals surface area contributed by atoms with Crippen molar-refractivity contribution < 1.29 is 9.47 Å². The van der Waals surface area contributed by atoms with Crippen LogP contribution < -0.4 is 0 Å². The Balaban J connectivity index is 2.31. The maximum Gasteiger partial charge on any atom is 0.140 e. The van der Waals surface area contributed by atoms with Gasteiger partial charge in [0.2, 0.25) is 0 Å². The number of nitrogens with zero attached hydrogens (tertiary/aromatic N) is 2. The van der Waals surface area contributed by atoms with Crippen LogP contribution in [0.4, 0.5) is 5.69 Å². The molecule has 0 saturated carbocycles. The summed E-state index contributed by atoms with van der Waals surface area (Å²) >= 11 is 0. The third kappa shape index (κ3) is 3.27. The van der Waals surface area contributed by atoms with Crippen LogP contribution in [0, 0.1) is 13.8 Å². The first-order valence-corrected chi connectivity index (χ1v) is 7.60. The van der Waals surface area contributed by atoms with E-state index in [0.717, 1.165) is 12.2 Å². The highest BCUT2D eigenvalue weighted by Crippen LogP contribution is 2.38. The lowest BCUT2D eigenvalue weighted by Gasteiger charge is -2.42. The van der Waals surface area contributed by atoms with E-state index >= 15 is 0 Å². The van der Waals surface area contributed by atoms with Gasteiger partial charge in [-0.25, -0.2) is 4.99 Å². The molecule has 0 radical (unpaired) electrons. The predicted octanol–water partition coefficient (Wildman–Crippen LogP) is 3.18. The van der Waals surface area contributed by atoms with E-state index in [1.807, 2.05) is 20.3 Å². The van der Waals surface area contributed by atoms with E-state index < -0.39 is 0 Å². The molecule has 4 heteroatoms. The fourth-order valence-corrected chi connectivity index (χ4v) is 2.55. The average Bonchev–Trinajstić information content (AvgIpc) is 2.43. The van der Waals surface area contributed by atoms with Crippen molar-refractivity contribution in [2.24, 2.45) is 4.99 Å². The highest BCUT2D eigenvalue weighted by Gasteiger charge is 2.42. The molecular weight excluding hydrogens is 264 g/mol. The van der Waals surface area contributed by atoms with E-state index in [-0.39, 0.29) is 5.60 Å². The molecule has 0 aromatic heterocycles. The Morgan fingerprint density at radius 1 is 1.29 bits per heavy atom. The van der Waals surface area contributed by atoms with Gasteiger partial charge in [0.1, 0.15) is 5.60 Å². The summed E-state index contributed by atoms with van der Waals surface area (Å²) in [7, 11) is 2.02.